The minimum Gasteiger partial charge on any atom is -0.301 e. The van der Waals surface area contributed by atoms with Crippen LogP contribution >= 0.6 is 0 Å². The standard InChI is InChI=1S/C22H22N/c1-13-6-7-18-8-9-23-17(5)16(4)21-15(3)10-14(2)12-20(21)22(23)19(18)11-13/h6-12H,1-5H3/q-1. The fraction of sp³-hybridized carbons (Fsp3) is 0.227. The number of rotatable bonds is 0. The van der Waals surface area contributed by atoms with E-state index in [2.05, 4.69) is 81.8 Å². The molecular weight excluding hydrogens is 278 g/mol. The van der Waals surface area contributed by atoms with Crippen molar-refractivity contribution in [2.45, 2.75) is 34.6 Å². The van der Waals surface area contributed by atoms with Crippen LogP contribution in [0.3, 0.4) is 0 Å². The van der Waals surface area contributed by atoms with Crippen molar-refractivity contribution in [3.8, 4) is 0 Å². The largest absolute Gasteiger partial charge is 0.301 e. The lowest BCUT2D eigenvalue weighted by Gasteiger charge is -2.43. The summed E-state index contributed by atoms with van der Waals surface area (Å²) in [4.78, 5) is 0. The van der Waals surface area contributed by atoms with E-state index in [1.165, 1.54) is 56.3 Å². The molecule has 2 heterocycles. The van der Waals surface area contributed by atoms with Gasteiger partial charge < -0.3 is 4.57 Å². The van der Waals surface area contributed by atoms with Crippen LogP contribution in [0.4, 0.5) is 0 Å². The molecular formula is C22H22N-. The zero-order chi connectivity index (χ0) is 16.3. The van der Waals surface area contributed by atoms with Gasteiger partial charge >= 0.3 is 0 Å². The lowest BCUT2D eigenvalue weighted by atomic mass is 9.77. The smallest absolute Gasteiger partial charge is 0.0961 e. The Balaban J connectivity index is 2.14. The highest BCUT2D eigenvalue weighted by Gasteiger charge is 2.24. The first-order chi connectivity index (χ1) is 11.0. The number of aryl methyl sites for hydroxylation is 1. The van der Waals surface area contributed by atoms with E-state index in [1.807, 2.05) is 0 Å². The third-order valence-corrected chi connectivity index (χ3v) is 5.12. The van der Waals surface area contributed by atoms with E-state index in [-0.39, 0.29) is 0 Å². The molecule has 0 N–H and O–H groups in total. The van der Waals surface area contributed by atoms with Crippen LogP contribution in [-0.4, -0.2) is 0 Å². The topological polar surface area (TPSA) is 3.88 Å². The number of allylic oxidation sites excluding steroid dienone is 6. The van der Waals surface area contributed by atoms with Crippen molar-refractivity contribution in [2.75, 3.05) is 0 Å². The van der Waals surface area contributed by atoms with E-state index in [1.54, 1.807) is 0 Å². The molecule has 23 heavy (non-hydrogen) atoms. The first kappa shape index (κ1) is 14.2. The number of hydrogen-bond donors (Lipinski definition) is 0. The van der Waals surface area contributed by atoms with Gasteiger partial charge in [-0.1, -0.05) is 44.5 Å². The molecule has 4 rings (SSSR count). The van der Waals surface area contributed by atoms with Crippen molar-refractivity contribution in [3.63, 3.8) is 0 Å². The molecule has 1 nitrogen and oxygen atoms in total. The van der Waals surface area contributed by atoms with E-state index >= 15 is 0 Å². The Bertz CT molecular complexity index is 924. The second-order valence-corrected chi connectivity index (χ2v) is 6.84. The highest BCUT2D eigenvalue weighted by molar-refractivity contribution is 5.98. The van der Waals surface area contributed by atoms with Gasteiger partial charge in [-0.2, -0.15) is 5.92 Å². The van der Waals surface area contributed by atoms with Crippen LogP contribution in [0.25, 0.3) is 16.3 Å². The van der Waals surface area contributed by atoms with Gasteiger partial charge in [0.05, 0.1) is 17.9 Å². The van der Waals surface area contributed by atoms with Crippen LogP contribution < -0.4 is 4.57 Å². The number of nitrogens with zero attached hydrogens (tertiary/aromatic N) is 1. The Morgan fingerprint density at radius 2 is 1.78 bits per heavy atom. The van der Waals surface area contributed by atoms with Gasteiger partial charge in [0, 0.05) is 5.39 Å². The second-order valence-electron chi connectivity index (χ2n) is 6.84. The molecule has 0 bridgehead atoms. The highest BCUT2D eigenvalue weighted by Crippen LogP contribution is 2.43. The highest BCUT2D eigenvalue weighted by atomic mass is 15.0. The summed E-state index contributed by atoms with van der Waals surface area (Å²) in [5, 5.41) is 2.64. The van der Waals surface area contributed by atoms with E-state index in [9.17, 15) is 0 Å². The lowest BCUT2D eigenvalue weighted by Crippen LogP contribution is -2.46. The number of benzene rings is 1. The van der Waals surface area contributed by atoms with Crippen molar-refractivity contribution in [2.24, 2.45) is 0 Å². The van der Waals surface area contributed by atoms with Gasteiger partial charge in [-0.15, -0.1) is 28.9 Å². The Kier molecular flexibility index (Phi) is 2.96. The Morgan fingerprint density at radius 3 is 2.57 bits per heavy atom. The zero-order valence-electron chi connectivity index (χ0n) is 14.5. The molecule has 0 radical (unpaired) electrons. The van der Waals surface area contributed by atoms with E-state index in [0.717, 1.165) is 0 Å². The molecule has 1 aliphatic carbocycles. The average molecular weight is 300 g/mol. The monoisotopic (exact) mass is 300 g/mol. The van der Waals surface area contributed by atoms with Gasteiger partial charge in [0.1, 0.15) is 0 Å². The minimum absolute atomic E-state index is 1.30. The number of pyridine rings is 1. The summed E-state index contributed by atoms with van der Waals surface area (Å²) in [5.41, 5.74) is 8.10. The summed E-state index contributed by atoms with van der Waals surface area (Å²) in [6, 6.07) is 10.3. The molecule has 0 unspecified atom stereocenters. The molecule has 1 aromatic heterocycles. The van der Waals surface area contributed by atoms with Crippen LogP contribution in [0, 0.1) is 18.9 Å². The van der Waals surface area contributed by atoms with E-state index in [0.29, 0.717) is 0 Å². The molecule has 116 valence electrons. The van der Waals surface area contributed by atoms with E-state index < -0.39 is 0 Å². The van der Waals surface area contributed by atoms with Gasteiger partial charge in [0.15, 0.2) is 0 Å². The summed E-state index contributed by atoms with van der Waals surface area (Å²) in [6.45, 7) is 11.1. The molecule has 0 spiro atoms. The zero-order valence-corrected chi connectivity index (χ0v) is 14.5. The second kappa shape index (κ2) is 4.79. The fourth-order valence-electron chi connectivity index (χ4n) is 3.95. The summed E-state index contributed by atoms with van der Waals surface area (Å²) in [5.74, 6) is 1.37. The molecule has 1 aromatic carbocycles. The number of aromatic nitrogens is 1. The number of hydrogen-bond acceptors (Lipinski definition) is 0. The summed E-state index contributed by atoms with van der Waals surface area (Å²) in [7, 11) is 0. The molecule has 0 fully saturated rings. The van der Waals surface area contributed by atoms with Crippen molar-refractivity contribution >= 4 is 16.3 Å². The third-order valence-electron chi connectivity index (χ3n) is 5.12. The third kappa shape index (κ3) is 1.96. The maximum atomic E-state index is 2.36. The Hall–Kier alpha value is -2.41. The summed E-state index contributed by atoms with van der Waals surface area (Å²) in [6.07, 6.45) is 6.85. The van der Waals surface area contributed by atoms with Crippen LogP contribution in [0.1, 0.15) is 39.0 Å². The maximum absolute atomic E-state index is 2.36. The number of fused-ring (bicyclic) bond motifs is 5. The van der Waals surface area contributed by atoms with Crippen LogP contribution in [0.5, 0.6) is 0 Å². The van der Waals surface area contributed by atoms with Gasteiger partial charge in [0.25, 0.3) is 0 Å². The van der Waals surface area contributed by atoms with Crippen molar-refractivity contribution in [1.29, 1.82) is 0 Å². The normalized spacial score (nSPS) is 17.1. The maximum Gasteiger partial charge on any atom is 0.0961 e. The molecule has 0 atom stereocenters. The van der Waals surface area contributed by atoms with Crippen LogP contribution in [-0.2, 0) is 0 Å². The Labute approximate surface area is 138 Å². The minimum atomic E-state index is 1.30. The van der Waals surface area contributed by atoms with Crippen LogP contribution in [0.15, 0.2) is 59.3 Å². The Morgan fingerprint density at radius 1 is 1.00 bits per heavy atom. The summed E-state index contributed by atoms with van der Waals surface area (Å²) >= 11 is 0. The molecule has 1 aliphatic heterocycles. The molecule has 1 heteroatoms. The van der Waals surface area contributed by atoms with Gasteiger partial charge in [-0.3, -0.25) is 0 Å². The first-order valence-electron chi connectivity index (χ1n) is 8.22. The first-order valence-corrected chi connectivity index (χ1v) is 8.22. The fourth-order valence-corrected chi connectivity index (χ4v) is 3.95. The summed E-state index contributed by atoms with van der Waals surface area (Å²) < 4.78 is 2.36. The van der Waals surface area contributed by atoms with Gasteiger partial charge in [0.2, 0.25) is 0 Å². The van der Waals surface area contributed by atoms with Crippen molar-refractivity contribution in [1.82, 2.24) is 0 Å². The lowest BCUT2D eigenvalue weighted by molar-refractivity contribution is -0.653. The quantitative estimate of drug-likeness (QED) is 0.470. The SMILES string of the molecule is CC1=C[C-](C)C2=C(C)[C-](C)[n+]3ccc4ccc(C)cc4c3C2=C1. The van der Waals surface area contributed by atoms with Gasteiger partial charge in [-0.25, -0.2) is 5.57 Å². The molecule has 0 saturated carbocycles. The predicted octanol–water partition coefficient (Wildman–Crippen LogP) is 5.10. The molecule has 2 aliphatic rings. The van der Waals surface area contributed by atoms with Crippen molar-refractivity contribution < 1.29 is 4.57 Å². The van der Waals surface area contributed by atoms with Gasteiger partial charge in [-0.05, 0) is 25.3 Å². The molecule has 2 aromatic rings. The van der Waals surface area contributed by atoms with Crippen molar-refractivity contribution in [3.05, 3.63) is 82.6 Å². The van der Waals surface area contributed by atoms with E-state index in [4.69, 9.17) is 0 Å². The predicted molar refractivity (Wildman–Crippen MR) is 96.5 cm³/mol. The van der Waals surface area contributed by atoms with Crippen LogP contribution in [0.2, 0.25) is 0 Å². The average Bonchev–Trinajstić information content (AvgIpc) is 2.50. The molecule has 0 saturated heterocycles. The molecule has 0 amide bonds.